The predicted molar refractivity (Wildman–Crippen MR) is 193 cm³/mol. The lowest BCUT2D eigenvalue weighted by Crippen LogP contribution is -2.33. The fourth-order valence-corrected chi connectivity index (χ4v) is 10.2. The Morgan fingerprint density at radius 1 is 0.593 bits per heavy atom. The Morgan fingerprint density at radius 3 is 1.30 bits per heavy atom. The van der Waals surface area contributed by atoms with E-state index in [4.69, 9.17) is 0 Å². The van der Waals surface area contributed by atoms with Gasteiger partial charge < -0.3 is 0 Å². The van der Waals surface area contributed by atoms with E-state index in [1.165, 1.54) is 22.7 Å². The highest BCUT2D eigenvalue weighted by molar-refractivity contribution is 7.26. The lowest BCUT2D eigenvalue weighted by atomic mass is 9.62. The maximum Gasteiger partial charge on any atom is 0.212 e. The van der Waals surface area contributed by atoms with Gasteiger partial charge in [-0.2, -0.15) is 21.0 Å². The molecule has 0 bridgehead atoms. The molecule has 8 rings (SSSR count). The number of ketones is 2. The molecule has 4 aliphatic carbocycles. The van der Waals surface area contributed by atoms with Crippen molar-refractivity contribution in [3.8, 4) is 34.0 Å². The molecule has 0 amide bonds. The standard InChI is InChI=1S/C40H20F4N6O2S2/c1-39(2)3-5-40(6-4-39)23-11-29(49-33-31(17(13-45)14-46)19-7-25(41)27(43)9-21(19)35(33)51)53-37(23)38-24(40)12-30(54-38)50-34-32(18(15-47)16-48)20-8-26(42)28(44)10-22(20)36(34)52/h7-12H,3-6H2,1-2H3/b49-33-,50-34-. The number of halogens is 4. The summed E-state index contributed by atoms with van der Waals surface area (Å²) in [6.45, 7) is 4.37. The molecule has 4 aliphatic rings. The number of carbonyl (C=O) groups is 2. The third-order valence-corrected chi connectivity index (χ3v) is 12.8. The molecule has 0 N–H and O–H groups in total. The number of nitriles is 4. The fraction of sp³-hybridized carbons (Fsp3) is 0.200. The van der Waals surface area contributed by atoms with Crippen LogP contribution in [0.4, 0.5) is 27.6 Å². The second kappa shape index (κ2) is 12.1. The molecule has 54 heavy (non-hydrogen) atoms. The number of allylic oxidation sites excluding steroid dienone is 4. The van der Waals surface area contributed by atoms with E-state index < -0.39 is 51.4 Å². The van der Waals surface area contributed by atoms with Crippen LogP contribution in [0.3, 0.4) is 0 Å². The van der Waals surface area contributed by atoms with Crippen LogP contribution in [0, 0.1) is 74.0 Å². The molecular weight excluding hydrogens is 737 g/mol. The first-order valence-corrected chi connectivity index (χ1v) is 18.0. The first-order valence-electron chi connectivity index (χ1n) is 16.4. The summed E-state index contributed by atoms with van der Waals surface area (Å²) in [7, 11) is 0. The van der Waals surface area contributed by atoms with E-state index in [-0.39, 0.29) is 50.2 Å². The molecule has 0 radical (unpaired) electrons. The number of benzene rings is 2. The molecule has 262 valence electrons. The molecule has 0 atom stereocenters. The van der Waals surface area contributed by atoms with Gasteiger partial charge in [0.25, 0.3) is 0 Å². The van der Waals surface area contributed by atoms with Crippen LogP contribution in [-0.2, 0) is 5.41 Å². The Labute approximate surface area is 312 Å². The first-order chi connectivity index (χ1) is 25.7. The van der Waals surface area contributed by atoms with E-state index in [9.17, 15) is 48.2 Å². The Kier molecular flexibility index (Phi) is 7.79. The molecule has 2 heterocycles. The Bertz CT molecular complexity index is 2570. The van der Waals surface area contributed by atoms with Crippen molar-refractivity contribution >= 4 is 66.8 Å². The van der Waals surface area contributed by atoms with E-state index in [0.29, 0.717) is 10.0 Å². The van der Waals surface area contributed by atoms with Crippen molar-refractivity contribution in [3.63, 3.8) is 0 Å². The molecule has 2 aromatic heterocycles. The SMILES string of the molecule is CC1(C)CCC2(CC1)c1cc(/N=C3\C(=O)c4cc(F)c(F)cc4C3=C(C#N)C#N)sc1-c1sc(/N=C3\C(=O)c4cc(F)c(F)cc4C3=C(C#N)C#N)cc12. The van der Waals surface area contributed by atoms with Crippen LogP contribution in [0.5, 0.6) is 0 Å². The lowest BCUT2D eigenvalue weighted by Gasteiger charge is -2.42. The predicted octanol–water partition coefficient (Wildman–Crippen LogP) is 9.77. The number of carbonyl (C=O) groups excluding carboxylic acids is 2. The normalized spacial score (nSPS) is 18.6. The Hall–Kier alpha value is -6.32. The zero-order valence-electron chi connectivity index (χ0n) is 28.1. The van der Waals surface area contributed by atoms with Gasteiger partial charge in [0.05, 0.1) is 9.75 Å². The van der Waals surface area contributed by atoms with Crippen molar-refractivity contribution in [2.24, 2.45) is 15.4 Å². The number of fused-ring (bicyclic) bond motifs is 7. The zero-order valence-corrected chi connectivity index (χ0v) is 29.8. The van der Waals surface area contributed by atoms with Crippen LogP contribution in [0.15, 0.2) is 57.5 Å². The van der Waals surface area contributed by atoms with Crippen molar-refractivity contribution in [1.29, 1.82) is 21.0 Å². The van der Waals surface area contributed by atoms with Crippen molar-refractivity contribution in [1.82, 2.24) is 0 Å². The topological polar surface area (TPSA) is 154 Å². The number of Topliss-reactive ketones (excluding diaryl/α,β-unsaturated/α-hetero) is 2. The summed E-state index contributed by atoms with van der Waals surface area (Å²) in [4.78, 5) is 38.0. The molecule has 0 saturated heterocycles. The quantitative estimate of drug-likeness (QED) is 0.147. The lowest BCUT2D eigenvalue weighted by molar-refractivity contribution is 0.106. The van der Waals surface area contributed by atoms with Crippen LogP contribution < -0.4 is 0 Å². The molecule has 1 saturated carbocycles. The number of hydrogen-bond acceptors (Lipinski definition) is 10. The molecule has 0 unspecified atom stereocenters. The van der Waals surface area contributed by atoms with Gasteiger partial charge in [0.1, 0.15) is 56.8 Å². The molecule has 4 aromatic rings. The van der Waals surface area contributed by atoms with Crippen LogP contribution in [0.25, 0.3) is 20.9 Å². The summed E-state index contributed by atoms with van der Waals surface area (Å²) in [5.74, 6) is -6.56. The van der Waals surface area contributed by atoms with Crippen molar-refractivity contribution in [2.45, 2.75) is 44.9 Å². The van der Waals surface area contributed by atoms with Gasteiger partial charge in [0, 0.05) is 38.8 Å². The fourth-order valence-electron chi connectivity index (χ4n) is 7.79. The molecule has 1 fully saturated rings. The average molecular weight is 757 g/mol. The summed E-state index contributed by atoms with van der Waals surface area (Å²) < 4.78 is 57.2. The smallest absolute Gasteiger partial charge is 0.212 e. The molecule has 8 nitrogen and oxygen atoms in total. The van der Waals surface area contributed by atoms with Crippen LogP contribution in [-0.4, -0.2) is 23.0 Å². The van der Waals surface area contributed by atoms with E-state index in [2.05, 4.69) is 23.8 Å². The van der Waals surface area contributed by atoms with Gasteiger partial charge in [-0.05, 0) is 78.6 Å². The molecule has 0 aliphatic heterocycles. The van der Waals surface area contributed by atoms with Gasteiger partial charge >= 0.3 is 0 Å². The minimum Gasteiger partial charge on any atom is -0.287 e. The maximum atomic E-state index is 14.4. The van der Waals surface area contributed by atoms with Crippen LogP contribution in [0.2, 0.25) is 0 Å². The van der Waals surface area contributed by atoms with Crippen LogP contribution >= 0.6 is 22.7 Å². The van der Waals surface area contributed by atoms with Gasteiger partial charge in [-0.25, -0.2) is 27.5 Å². The number of rotatable bonds is 2. The van der Waals surface area contributed by atoms with Crippen LogP contribution in [0.1, 0.15) is 82.5 Å². The summed E-state index contributed by atoms with van der Waals surface area (Å²) in [6, 6.07) is 13.7. The van der Waals surface area contributed by atoms with E-state index >= 15 is 0 Å². The van der Waals surface area contributed by atoms with Crippen molar-refractivity contribution in [3.05, 3.63) is 104 Å². The summed E-state index contributed by atoms with van der Waals surface area (Å²) >= 11 is 2.47. The molecule has 14 heteroatoms. The summed E-state index contributed by atoms with van der Waals surface area (Å²) in [5, 5.41) is 39.6. The van der Waals surface area contributed by atoms with E-state index in [0.717, 1.165) is 70.8 Å². The average Bonchev–Trinajstić information content (AvgIpc) is 3.91. The second-order valence-corrected chi connectivity index (χ2v) is 16.1. The van der Waals surface area contributed by atoms with Gasteiger partial charge in [-0.1, -0.05) is 13.8 Å². The largest absolute Gasteiger partial charge is 0.287 e. The van der Waals surface area contributed by atoms with Gasteiger partial charge in [-0.15, -0.1) is 22.7 Å². The summed E-state index contributed by atoms with van der Waals surface area (Å²) in [6.07, 6.45) is 3.15. The van der Waals surface area contributed by atoms with E-state index in [1.54, 1.807) is 24.3 Å². The minimum absolute atomic E-state index is 0.0425. The first kappa shape index (κ1) is 34.7. The Balaban J connectivity index is 1.29. The number of thiophene rings is 2. The Morgan fingerprint density at radius 2 is 0.944 bits per heavy atom. The third-order valence-electron chi connectivity index (χ3n) is 10.6. The number of hydrogen-bond donors (Lipinski definition) is 0. The maximum absolute atomic E-state index is 14.4. The minimum atomic E-state index is -1.26. The highest BCUT2D eigenvalue weighted by Crippen LogP contribution is 2.64. The highest BCUT2D eigenvalue weighted by Gasteiger charge is 2.50. The van der Waals surface area contributed by atoms with E-state index in [1.807, 2.05) is 12.1 Å². The van der Waals surface area contributed by atoms with Gasteiger partial charge in [0.15, 0.2) is 23.3 Å². The zero-order chi connectivity index (χ0) is 38.4. The molecule has 1 spiro atoms. The van der Waals surface area contributed by atoms with Gasteiger partial charge in [0.2, 0.25) is 11.6 Å². The van der Waals surface area contributed by atoms with Crippen molar-refractivity contribution in [2.75, 3.05) is 0 Å². The molecular formula is C40H20F4N6O2S2. The number of nitrogens with zero attached hydrogens (tertiary/aromatic N) is 6. The molecule has 2 aromatic carbocycles. The van der Waals surface area contributed by atoms with Crippen molar-refractivity contribution < 1.29 is 27.2 Å². The van der Waals surface area contributed by atoms with Gasteiger partial charge in [-0.3, -0.25) is 9.59 Å². The second-order valence-electron chi connectivity index (χ2n) is 14.1. The monoisotopic (exact) mass is 756 g/mol. The highest BCUT2D eigenvalue weighted by atomic mass is 32.1. The third kappa shape index (κ3) is 4.95. The summed E-state index contributed by atoms with van der Waals surface area (Å²) in [5.41, 5.74) is -1.15. The number of aliphatic imine (C=N–C) groups is 2.